The third-order valence-electron chi connectivity index (χ3n) is 6.02. The third kappa shape index (κ3) is 6.36. The Balaban J connectivity index is 1.30. The van der Waals surface area contributed by atoms with E-state index in [1.807, 2.05) is 30.3 Å². The number of nitrogens with zero attached hydrogens (tertiary/aromatic N) is 3. The zero-order valence-corrected chi connectivity index (χ0v) is 20.6. The number of carbonyl (C=O) groups excluding carboxylic acids is 3. The van der Waals surface area contributed by atoms with Crippen LogP contribution in [0, 0.1) is 0 Å². The van der Waals surface area contributed by atoms with Crippen molar-refractivity contribution in [2.24, 2.45) is 0 Å². The molecule has 0 aliphatic carbocycles. The van der Waals surface area contributed by atoms with Crippen LogP contribution in [-0.2, 0) is 16.1 Å². The molecule has 2 aliphatic rings. The van der Waals surface area contributed by atoms with Gasteiger partial charge in [-0.15, -0.1) is 0 Å². The standard InChI is InChI=1S/C24H27Cl2N5O4/c25-19-7-6-18(14-20(19)26)28-23(33)30-12-10-29(11-13-30)22(32)21-15-27-8-9-31(21)24(34)35-16-17-4-2-1-3-5-17/h1-7,14,21,27H,8-13,15-16H2,(H,28,33). The summed E-state index contributed by atoms with van der Waals surface area (Å²) in [5.41, 5.74) is 1.43. The molecule has 2 N–H and O–H groups in total. The van der Waals surface area contributed by atoms with Crippen LogP contribution in [-0.4, -0.2) is 84.6 Å². The minimum absolute atomic E-state index is 0.150. The molecule has 35 heavy (non-hydrogen) atoms. The van der Waals surface area contributed by atoms with E-state index in [1.165, 1.54) is 4.90 Å². The smallest absolute Gasteiger partial charge is 0.410 e. The zero-order valence-electron chi connectivity index (χ0n) is 19.1. The molecule has 4 amide bonds. The number of carbonyl (C=O) groups is 3. The van der Waals surface area contributed by atoms with Crippen LogP contribution < -0.4 is 10.6 Å². The number of benzene rings is 2. The molecule has 2 fully saturated rings. The van der Waals surface area contributed by atoms with Crippen LogP contribution in [0.4, 0.5) is 15.3 Å². The van der Waals surface area contributed by atoms with Crippen LogP contribution in [0.5, 0.6) is 0 Å². The molecule has 11 heteroatoms. The molecule has 0 radical (unpaired) electrons. The molecule has 2 aromatic rings. The Morgan fingerprint density at radius 2 is 1.66 bits per heavy atom. The SMILES string of the molecule is O=C(Nc1ccc(Cl)c(Cl)c1)N1CCN(C(=O)C2CNCCN2C(=O)OCc2ccccc2)CC1. The number of amides is 4. The van der Waals surface area contributed by atoms with Crippen LogP contribution >= 0.6 is 23.2 Å². The van der Waals surface area contributed by atoms with Crippen LogP contribution in [0.1, 0.15) is 5.56 Å². The van der Waals surface area contributed by atoms with Gasteiger partial charge in [-0.1, -0.05) is 53.5 Å². The topological polar surface area (TPSA) is 94.2 Å². The van der Waals surface area contributed by atoms with Gasteiger partial charge in [0.25, 0.3) is 0 Å². The summed E-state index contributed by atoms with van der Waals surface area (Å²) in [5, 5.41) is 6.75. The number of anilines is 1. The Labute approximate surface area is 213 Å². The minimum Gasteiger partial charge on any atom is -0.445 e. The van der Waals surface area contributed by atoms with Gasteiger partial charge in [0.2, 0.25) is 5.91 Å². The molecule has 9 nitrogen and oxygen atoms in total. The Kier molecular flexibility index (Phi) is 8.33. The molecule has 0 bridgehead atoms. The summed E-state index contributed by atoms with van der Waals surface area (Å²) in [5.74, 6) is -0.154. The van der Waals surface area contributed by atoms with Gasteiger partial charge in [-0.2, -0.15) is 0 Å². The van der Waals surface area contributed by atoms with Gasteiger partial charge in [0, 0.05) is 51.5 Å². The van der Waals surface area contributed by atoms with Gasteiger partial charge in [-0.25, -0.2) is 9.59 Å². The normalized spacial score (nSPS) is 18.2. The largest absolute Gasteiger partial charge is 0.445 e. The lowest BCUT2D eigenvalue weighted by atomic mass is 10.1. The first-order valence-corrected chi connectivity index (χ1v) is 12.2. The van der Waals surface area contributed by atoms with E-state index in [0.29, 0.717) is 61.5 Å². The van der Waals surface area contributed by atoms with E-state index in [9.17, 15) is 14.4 Å². The Morgan fingerprint density at radius 1 is 0.943 bits per heavy atom. The molecule has 2 aromatic carbocycles. The predicted octanol–water partition coefficient (Wildman–Crippen LogP) is 3.28. The summed E-state index contributed by atoms with van der Waals surface area (Å²) < 4.78 is 5.47. The van der Waals surface area contributed by atoms with Crippen LogP contribution in [0.3, 0.4) is 0 Å². The average Bonchev–Trinajstić information content (AvgIpc) is 2.89. The second-order valence-electron chi connectivity index (χ2n) is 8.32. The molecule has 0 spiro atoms. The summed E-state index contributed by atoms with van der Waals surface area (Å²) in [4.78, 5) is 43.5. The lowest BCUT2D eigenvalue weighted by Gasteiger charge is -2.40. The first-order valence-electron chi connectivity index (χ1n) is 11.4. The second kappa shape index (κ2) is 11.6. The van der Waals surface area contributed by atoms with Crippen molar-refractivity contribution in [1.29, 1.82) is 0 Å². The Bertz CT molecular complexity index is 1060. The van der Waals surface area contributed by atoms with Gasteiger partial charge >= 0.3 is 12.1 Å². The summed E-state index contributed by atoms with van der Waals surface area (Å²) in [6, 6.07) is 13.4. The highest BCUT2D eigenvalue weighted by atomic mass is 35.5. The number of piperazine rings is 2. The molecule has 1 atom stereocenters. The number of ether oxygens (including phenoxy) is 1. The highest BCUT2D eigenvalue weighted by Gasteiger charge is 2.37. The van der Waals surface area contributed by atoms with E-state index < -0.39 is 12.1 Å². The van der Waals surface area contributed by atoms with Crippen molar-refractivity contribution in [2.45, 2.75) is 12.6 Å². The molecule has 2 heterocycles. The maximum atomic E-state index is 13.3. The van der Waals surface area contributed by atoms with Gasteiger partial charge in [-0.3, -0.25) is 9.69 Å². The van der Waals surface area contributed by atoms with E-state index in [1.54, 1.807) is 28.0 Å². The van der Waals surface area contributed by atoms with Crippen molar-refractivity contribution in [2.75, 3.05) is 51.1 Å². The first-order chi connectivity index (χ1) is 16.9. The lowest BCUT2D eigenvalue weighted by Crippen LogP contribution is -2.62. The summed E-state index contributed by atoms with van der Waals surface area (Å²) in [6.45, 7) is 2.97. The van der Waals surface area contributed by atoms with Crippen LogP contribution in [0.2, 0.25) is 10.0 Å². The van der Waals surface area contributed by atoms with Crippen molar-refractivity contribution in [3.63, 3.8) is 0 Å². The molecule has 186 valence electrons. The number of nitrogens with one attached hydrogen (secondary N) is 2. The first kappa shape index (κ1) is 25.1. The van der Waals surface area contributed by atoms with Crippen molar-refractivity contribution < 1.29 is 19.1 Å². The molecule has 0 saturated carbocycles. The lowest BCUT2D eigenvalue weighted by molar-refractivity contribution is -0.138. The van der Waals surface area contributed by atoms with Gasteiger partial charge in [0.05, 0.1) is 10.0 Å². The van der Waals surface area contributed by atoms with E-state index in [2.05, 4.69) is 10.6 Å². The number of hydrogen-bond donors (Lipinski definition) is 2. The fourth-order valence-electron chi connectivity index (χ4n) is 4.06. The number of hydrogen-bond acceptors (Lipinski definition) is 5. The number of urea groups is 1. The fraction of sp³-hybridized carbons (Fsp3) is 0.375. The van der Waals surface area contributed by atoms with Gasteiger partial charge in [-0.05, 0) is 23.8 Å². The van der Waals surface area contributed by atoms with Crippen molar-refractivity contribution in [3.8, 4) is 0 Å². The minimum atomic E-state index is -0.649. The molecular weight excluding hydrogens is 493 g/mol. The Hall–Kier alpha value is -3.01. The van der Waals surface area contributed by atoms with Crippen LogP contribution in [0.25, 0.3) is 0 Å². The van der Waals surface area contributed by atoms with Crippen molar-refractivity contribution in [1.82, 2.24) is 20.0 Å². The molecule has 2 saturated heterocycles. The van der Waals surface area contributed by atoms with E-state index >= 15 is 0 Å². The maximum Gasteiger partial charge on any atom is 0.410 e. The Morgan fingerprint density at radius 3 is 2.37 bits per heavy atom. The van der Waals surface area contributed by atoms with Crippen molar-refractivity contribution in [3.05, 3.63) is 64.1 Å². The fourth-order valence-corrected chi connectivity index (χ4v) is 4.36. The molecule has 4 rings (SSSR count). The third-order valence-corrected chi connectivity index (χ3v) is 6.76. The van der Waals surface area contributed by atoms with Gasteiger partial charge < -0.3 is 25.2 Å². The van der Waals surface area contributed by atoms with Gasteiger partial charge in [0.1, 0.15) is 12.6 Å². The molecular formula is C24H27Cl2N5O4. The highest BCUT2D eigenvalue weighted by molar-refractivity contribution is 6.42. The van der Waals surface area contributed by atoms with E-state index in [0.717, 1.165) is 5.56 Å². The highest BCUT2D eigenvalue weighted by Crippen LogP contribution is 2.25. The van der Waals surface area contributed by atoms with Gasteiger partial charge in [0.15, 0.2) is 0 Å². The maximum absolute atomic E-state index is 13.3. The van der Waals surface area contributed by atoms with E-state index in [-0.39, 0.29) is 18.5 Å². The molecule has 1 unspecified atom stereocenters. The van der Waals surface area contributed by atoms with Crippen LogP contribution in [0.15, 0.2) is 48.5 Å². The summed E-state index contributed by atoms with van der Waals surface area (Å²) in [6.07, 6.45) is -0.506. The number of rotatable bonds is 4. The predicted molar refractivity (Wildman–Crippen MR) is 134 cm³/mol. The zero-order chi connectivity index (χ0) is 24.8. The second-order valence-corrected chi connectivity index (χ2v) is 9.14. The number of halogens is 2. The molecule has 2 aliphatic heterocycles. The average molecular weight is 520 g/mol. The summed E-state index contributed by atoms with van der Waals surface area (Å²) >= 11 is 11.9. The quantitative estimate of drug-likeness (QED) is 0.646. The summed E-state index contributed by atoms with van der Waals surface area (Å²) in [7, 11) is 0. The molecule has 0 aromatic heterocycles. The monoisotopic (exact) mass is 519 g/mol. The van der Waals surface area contributed by atoms with Crippen molar-refractivity contribution >= 4 is 46.9 Å². The van der Waals surface area contributed by atoms with E-state index in [4.69, 9.17) is 27.9 Å².